The normalized spacial score (nSPS) is 11.3. The molecule has 0 atom stereocenters. The van der Waals surface area contributed by atoms with Crippen LogP contribution in [0.3, 0.4) is 0 Å². The third-order valence-electron chi connectivity index (χ3n) is 2.24. The fraction of sp³-hybridized carbons (Fsp3) is 0.364. The average molecular weight is 303 g/mol. The Balaban J connectivity index is 3.15. The van der Waals surface area contributed by atoms with Gasteiger partial charge in [-0.15, -0.1) is 11.8 Å². The Bertz CT molecular complexity index is 558. The van der Waals surface area contributed by atoms with Gasteiger partial charge < -0.3 is 11.1 Å². The van der Waals surface area contributed by atoms with Gasteiger partial charge in [0, 0.05) is 23.5 Å². The van der Waals surface area contributed by atoms with Gasteiger partial charge >= 0.3 is 0 Å². The minimum absolute atomic E-state index is 0.0280. The molecule has 0 spiro atoms. The van der Waals surface area contributed by atoms with Crippen LogP contribution in [0.15, 0.2) is 28.0 Å². The number of benzene rings is 1. The van der Waals surface area contributed by atoms with Crippen molar-refractivity contribution in [2.24, 2.45) is 10.9 Å². The Labute approximate surface area is 117 Å². The average Bonchev–Trinajstić information content (AvgIpc) is 2.35. The molecule has 0 saturated carbocycles. The summed E-state index contributed by atoms with van der Waals surface area (Å²) in [4.78, 5) is 12.3. The molecule has 0 aliphatic heterocycles. The van der Waals surface area contributed by atoms with Crippen molar-refractivity contribution in [3.63, 3.8) is 0 Å². The summed E-state index contributed by atoms with van der Waals surface area (Å²) in [5, 5.41) is 7.74. The van der Waals surface area contributed by atoms with E-state index in [1.54, 1.807) is 12.1 Å². The molecule has 5 N–H and O–H groups in total. The zero-order valence-electron chi connectivity index (χ0n) is 10.5. The molecule has 0 bridgehead atoms. The van der Waals surface area contributed by atoms with Gasteiger partial charge in [-0.05, 0) is 24.0 Å². The van der Waals surface area contributed by atoms with Crippen LogP contribution in [-0.2, 0) is 10.0 Å². The molecule has 106 valence electrons. The van der Waals surface area contributed by atoms with Crippen molar-refractivity contribution >= 4 is 27.7 Å². The Morgan fingerprint density at radius 1 is 1.42 bits per heavy atom. The van der Waals surface area contributed by atoms with Gasteiger partial charge in [0.05, 0.1) is 4.90 Å². The minimum atomic E-state index is -3.86. The molecule has 19 heavy (non-hydrogen) atoms. The maximum Gasteiger partial charge on any atom is 0.251 e. The lowest BCUT2D eigenvalue weighted by Gasteiger charge is -2.09. The van der Waals surface area contributed by atoms with Gasteiger partial charge in [0.1, 0.15) is 0 Å². The van der Waals surface area contributed by atoms with E-state index in [2.05, 4.69) is 5.32 Å². The zero-order valence-corrected chi connectivity index (χ0v) is 12.2. The molecule has 1 aromatic carbocycles. The molecule has 1 amide bonds. The van der Waals surface area contributed by atoms with Crippen LogP contribution >= 0.6 is 11.8 Å². The Morgan fingerprint density at radius 3 is 2.63 bits per heavy atom. The summed E-state index contributed by atoms with van der Waals surface area (Å²) in [5.74, 6) is 0.338. The highest BCUT2D eigenvalue weighted by Crippen LogP contribution is 2.26. The molecule has 0 unspecified atom stereocenters. The highest BCUT2D eigenvalue weighted by atomic mass is 32.2. The Morgan fingerprint density at radius 2 is 2.11 bits per heavy atom. The van der Waals surface area contributed by atoms with Crippen LogP contribution in [0.25, 0.3) is 0 Å². The van der Waals surface area contributed by atoms with Crippen LogP contribution in [0, 0.1) is 0 Å². The number of amides is 1. The topological polar surface area (TPSA) is 115 Å². The van der Waals surface area contributed by atoms with Gasteiger partial charge in [0.25, 0.3) is 5.91 Å². The number of nitrogens with two attached hydrogens (primary N) is 2. The van der Waals surface area contributed by atoms with E-state index in [9.17, 15) is 13.2 Å². The number of hydrogen-bond acceptors (Lipinski definition) is 5. The first-order valence-electron chi connectivity index (χ1n) is 5.68. The van der Waals surface area contributed by atoms with Crippen molar-refractivity contribution < 1.29 is 13.2 Å². The Hall–Kier alpha value is -1.09. The van der Waals surface area contributed by atoms with Gasteiger partial charge in [-0.25, -0.2) is 13.6 Å². The molecule has 1 aromatic rings. The first-order valence-corrected chi connectivity index (χ1v) is 8.21. The molecule has 1 rings (SSSR count). The fourth-order valence-electron chi connectivity index (χ4n) is 1.43. The maximum absolute atomic E-state index is 11.7. The van der Waals surface area contributed by atoms with E-state index in [4.69, 9.17) is 10.9 Å². The third kappa shape index (κ3) is 4.50. The van der Waals surface area contributed by atoms with Crippen molar-refractivity contribution in [2.45, 2.75) is 16.7 Å². The number of hydrogen-bond donors (Lipinski definition) is 3. The summed E-state index contributed by atoms with van der Waals surface area (Å²) in [6, 6.07) is 4.45. The minimum Gasteiger partial charge on any atom is -0.351 e. The third-order valence-corrected chi connectivity index (χ3v) is 4.28. The largest absolute Gasteiger partial charge is 0.351 e. The molecule has 0 saturated heterocycles. The molecule has 6 nitrogen and oxygen atoms in total. The van der Waals surface area contributed by atoms with Crippen LogP contribution in [0.1, 0.15) is 17.3 Å². The smallest absolute Gasteiger partial charge is 0.251 e. The SMILES string of the molecule is CCSc1ccc(C(=O)NCCN)cc1S(N)(=O)=O. The molecule has 0 aliphatic carbocycles. The van der Waals surface area contributed by atoms with Crippen molar-refractivity contribution in [3.8, 4) is 0 Å². The lowest BCUT2D eigenvalue weighted by Crippen LogP contribution is -2.29. The van der Waals surface area contributed by atoms with E-state index < -0.39 is 10.0 Å². The van der Waals surface area contributed by atoms with E-state index in [0.717, 1.165) is 0 Å². The molecule has 0 fully saturated rings. The van der Waals surface area contributed by atoms with E-state index in [1.165, 1.54) is 17.8 Å². The van der Waals surface area contributed by atoms with Crippen LogP contribution in [0.2, 0.25) is 0 Å². The summed E-state index contributed by atoms with van der Waals surface area (Å²) in [6.45, 7) is 2.55. The molecular weight excluding hydrogens is 286 g/mol. The lowest BCUT2D eigenvalue weighted by molar-refractivity contribution is 0.0954. The number of sulfonamides is 1. The molecule has 0 aromatic heterocycles. The summed E-state index contributed by atoms with van der Waals surface area (Å²) < 4.78 is 23.1. The number of thioether (sulfide) groups is 1. The second kappa shape index (κ2) is 6.90. The summed E-state index contributed by atoms with van der Waals surface area (Å²) >= 11 is 1.36. The molecule has 0 radical (unpaired) electrons. The van der Waals surface area contributed by atoms with Crippen LogP contribution in [-0.4, -0.2) is 33.2 Å². The molecule has 0 heterocycles. The fourth-order valence-corrected chi connectivity index (χ4v) is 3.28. The quantitative estimate of drug-likeness (QED) is 0.646. The predicted octanol–water partition coefficient (Wildman–Crippen LogP) is 0.135. The van der Waals surface area contributed by atoms with Crippen molar-refractivity contribution in [1.29, 1.82) is 0 Å². The van der Waals surface area contributed by atoms with Gasteiger partial charge in [0.2, 0.25) is 10.0 Å². The van der Waals surface area contributed by atoms with Gasteiger partial charge in [-0.1, -0.05) is 6.92 Å². The van der Waals surface area contributed by atoms with Crippen LogP contribution < -0.4 is 16.2 Å². The summed E-state index contributed by atoms with van der Waals surface area (Å²) in [6.07, 6.45) is 0. The number of nitrogens with one attached hydrogen (secondary N) is 1. The first-order chi connectivity index (χ1) is 8.90. The van der Waals surface area contributed by atoms with Crippen molar-refractivity contribution in [2.75, 3.05) is 18.8 Å². The maximum atomic E-state index is 11.7. The highest BCUT2D eigenvalue weighted by molar-refractivity contribution is 8.00. The zero-order chi connectivity index (χ0) is 14.5. The first kappa shape index (κ1) is 16.0. The molecule has 8 heteroatoms. The molecular formula is C11H17N3O3S2. The summed E-state index contributed by atoms with van der Waals surface area (Å²) in [5.41, 5.74) is 5.53. The number of carbonyl (C=O) groups excluding carboxylic acids is 1. The van der Waals surface area contributed by atoms with Crippen LogP contribution in [0.5, 0.6) is 0 Å². The molecule has 0 aliphatic rings. The van der Waals surface area contributed by atoms with Crippen molar-refractivity contribution in [3.05, 3.63) is 23.8 Å². The van der Waals surface area contributed by atoms with Gasteiger partial charge in [-0.3, -0.25) is 4.79 Å². The number of primary sulfonamides is 1. The predicted molar refractivity (Wildman–Crippen MR) is 75.6 cm³/mol. The van der Waals surface area contributed by atoms with E-state index in [0.29, 0.717) is 23.7 Å². The lowest BCUT2D eigenvalue weighted by atomic mass is 10.2. The van der Waals surface area contributed by atoms with Gasteiger partial charge in [-0.2, -0.15) is 0 Å². The number of rotatable bonds is 6. The van der Waals surface area contributed by atoms with E-state index in [1.807, 2.05) is 6.92 Å². The second-order valence-corrected chi connectivity index (χ2v) is 6.52. The van der Waals surface area contributed by atoms with Gasteiger partial charge in [0.15, 0.2) is 0 Å². The highest BCUT2D eigenvalue weighted by Gasteiger charge is 2.17. The van der Waals surface area contributed by atoms with Crippen LogP contribution in [0.4, 0.5) is 0 Å². The van der Waals surface area contributed by atoms with Crippen molar-refractivity contribution in [1.82, 2.24) is 5.32 Å². The van der Waals surface area contributed by atoms with E-state index in [-0.39, 0.29) is 16.4 Å². The second-order valence-electron chi connectivity index (χ2n) is 3.68. The monoisotopic (exact) mass is 303 g/mol. The summed E-state index contributed by atoms with van der Waals surface area (Å²) in [7, 11) is -3.86. The Kier molecular flexibility index (Phi) is 5.80. The number of carbonyl (C=O) groups is 1. The standard InChI is InChI=1S/C11H17N3O3S2/c1-2-18-9-4-3-8(11(15)14-6-5-12)7-10(9)19(13,16)17/h3-4,7H,2,5-6,12H2,1H3,(H,14,15)(H2,13,16,17). The van der Waals surface area contributed by atoms with E-state index >= 15 is 0 Å².